The number of carbonyl (C=O) groups excluding carboxylic acids is 1. The fraction of sp³-hybridized carbons (Fsp3) is 0.900. The summed E-state index contributed by atoms with van der Waals surface area (Å²) < 4.78 is 0. The fourth-order valence-electron chi connectivity index (χ4n) is 1.33. The largest absolute Gasteiger partial charge is 0.317 e. The summed E-state index contributed by atoms with van der Waals surface area (Å²) in [6, 6.07) is 0.508. The lowest BCUT2D eigenvalue weighted by Gasteiger charge is -2.17. The van der Waals surface area contributed by atoms with Gasteiger partial charge in [-0.05, 0) is 32.7 Å². The van der Waals surface area contributed by atoms with E-state index in [0.29, 0.717) is 24.2 Å². The lowest BCUT2D eigenvalue weighted by molar-refractivity contribution is -0.117. The van der Waals surface area contributed by atoms with Crippen molar-refractivity contribution in [2.75, 3.05) is 7.05 Å². The van der Waals surface area contributed by atoms with Gasteiger partial charge >= 0.3 is 0 Å². The third-order valence-corrected chi connectivity index (χ3v) is 2.01. The van der Waals surface area contributed by atoms with Crippen molar-refractivity contribution in [3.05, 3.63) is 0 Å². The Morgan fingerprint density at radius 1 is 1.42 bits per heavy atom. The number of ketones is 1. The predicted octanol–water partition coefficient (Wildman–Crippen LogP) is 1.99. The highest BCUT2D eigenvalue weighted by Crippen LogP contribution is 2.09. The molecule has 0 aliphatic heterocycles. The number of carbonyl (C=O) groups is 1. The molecular formula is C10H21NO. The van der Waals surface area contributed by atoms with Gasteiger partial charge in [-0.2, -0.15) is 0 Å². The minimum absolute atomic E-state index is 0.291. The summed E-state index contributed by atoms with van der Waals surface area (Å²) >= 11 is 0. The molecule has 0 rings (SSSR count). The van der Waals surface area contributed by atoms with Gasteiger partial charge in [0.2, 0.25) is 0 Å². The summed E-state index contributed by atoms with van der Waals surface area (Å²) in [6.45, 7) is 6.07. The molecule has 0 saturated carbocycles. The lowest BCUT2D eigenvalue weighted by atomic mass is 9.99. The van der Waals surface area contributed by atoms with Crippen LogP contribution < -0.4 is 5.32 Å². The van der Waals surface area contributed by atoms with Crippen LogP contribution in [0.25, 0.3) is 0 Å². The molecule has 0 bridgehead atoms. The molecule has 72 valence electrons. The van der Waals surface area contributed by atoms with E-state index in [9.17, 15) is 4.79 Å². The first-order valence-corrected chi connectivity index (χ1v) is 4.73. The second-order valence-electron chi connectivity index (χ2n) is 3.86. The molecule has 1 unspecified atom stereocenters. The number of rotatable bonds is 6. The quantitative estimate of drug-likeness (QED) is 0.662. The molecule has 12 heavy (non-hydrogen) atoms. The first kappa shape index (κ1) is 11.6. The molecule has 0 fully saturated rings. The van der Waals surface area contributed by atoms with Gasteiger partial charge in [0.05, 0.1) is 0 Å². The monoisotopic (exact) mass is 171 g/mol. The summed E-state index contributed by atoms with van der Waals surface area (Å²) in [5, 5.41) is 3.24. The van der Waals surface area contributed by atoms with Crippen molar-refractivity contribution in [1.82, 2.24) is 5.32 Å². The van der Waals surface area contributed by atoms with Crippen molar-refractivity contribution in [2.24, 2.45) is 5.92 Å². The normalized spacial score (nSPS) is 13.4. The highest BCUT2D eigenvalue weighted by Gasteiger charge is 2.08. The second kappa shape index (κ2) is 6.18. The standard InChI is InChI=1S/C10H21NO/c1-8(2)7-10(11-4)6-5-9(3)12/h8,10-11H,5-7H2,1-4H3. The Balaban J connectivity index is 3.60. The Bertz CT molecular complexity index is 132. The molecule has 0 heterocycles. The van der Waals surface area contributed by atoms with Crippen LogP contribution in [0.5, 0.6) is 0 Å². The molecule has 0 radical (unpaired) electrons. The topological polar surface area (TPSA) is 29.1 Å². The van der Waals surface area contributed by atoms with Crippen molar-refractivity contribution >= 4 is 5.78 Å². The van der Waals surface area contributed by atoms with Crippen molar-refractivity contribution in [2.45, 2.75) is 46.1 Å². The molecule has 1 N–H and O–H groups in total. The van der Waals surface area contributed by atoms with Crippen molar-refractivity contribution < 1.29 is 4.79 Å². The summed E-state index contributed by atoms with van der Waals surface area (Å²) in [5.74, 6) is 0.994. The lowest BCUT2D eigenvalue weighted by Crippen LogP contribution is -2.27. The summed E-state index contributed by atoms with van der Waals surface area (Å²) in [5.41, 5.74) is 0. The summed E-state index contributed by atoms with van der Waals surface area (Å²) in [7, 11) is 1.97. The van der Waals surface area contributed by atoms with Crippen LogP contribution in [-0.2, 0) is 4.79 Å². The average Bonchev–Trinajstić information content (AvgIpc) is 1.97. The fourth-order valence-corrected chi connectivity index (χ4v) is 1.33. The van der Waals surface area contributed by atoms with Gasteiger partial charge in [-0.1, -0.05) is 13.8 Å². The van der Waals surface area contributed by atoms with Crippen LogP contribution in [0.4, 0.5) is 0 Å². The van der Waals surface area contributed by atoms with Crippen LogP contribution in [0, 0.1) is 5.92 Å². The van der Waals surface area contributed by atoms with E-state index in [1.807, 2.05) is 7.05 Å². The first-order valence-electron chi connectivity index (χ1n) is 4.73. The number of nitrogens with one attached hydrogen (secondary N) is 1. The zero-order valence-corrected chi connectivity index (χ0v) is 8.68. The average molecular weight is 171 g/mol. The Kier molecular flexibility index (Phi) is 5.99. The van der Waals surface area contributed by atoms with Gasteiger partial charge in [-0.25, -0.2) is 0 Å². The van der Waals surface area contributed by atoms with Gasteiger partial charge in [0.1, 0.15) is 5.78 Å². The van der Waals surface area contributed by atoms with Gasteiger partial charge in [0.15, 0.2) is 0 Å². The van der Waals surface area contributed by atoms with Crippen molar-refractivity contribution in [1.29, 1.82) is 0 Å². The number of hydrogen-bond acceptors (Lipinski definition) is 2. The maximum Gasteiger partial charge on any atom is 0.129 e. The van der Waals surface area contributed by atoms with Crippen LogP contribution >= 0.6 is 0 Å². The molecule has 0 spiro atoms. The van der Waals surface area contributed by atoms with E-state index >= 15 is 0 Å². The van der Waals surface area contributed by atoms with E-state index < -0.39 is 0 Å². The Morgan fingerprint density at radius 3 is 2.33 bits per heavy atom. The highest BCUT2D eigenvalue weighted by molar-refractivity contribution is 5.75. The molecule has 0 aliphatic rings. The SMILES string of the molecule is CNC(CCC(C)=O)CC(C)C. The van der Waals surface area contributed by atoms with Gasteiger partial charge in [-0.3, -0.25) is 0 Å². The maximum atomic E-state index is 10.7. The van der Waals surface area contributed by atoms with E-state index in [0.717, 1.165) is 12.8 Å². The Hall–Kier alpha value is -0.370. The Morgan fingerprint density at radius 2 is 2.00 bits per heavy atom. The molecule has 0 aliphatic carbocycles. The van der Waals surface area contributed by atoms with Gasteiger partial charge in [0, 0.05) is 12.5 Å². The zero-order chi connectivity index (χ0) is 9.56. The van der Waals surface area contributed by atoms with E-state index in [1.54, 1.807) is 6.92 Å². The minimum Gasteiger partial charge on any atom is -0.317 e. The van der Waals surface area contributed by atoms with Gasteiger partial charge < -0.3 is 10.1 Å². The maximum absolute atomic E-state index is 10.7. The molecule has 1 atom stereocenters. The molecule has 0 aromatic heterocycles. The number of hydrogen-bond donors (Lipinski definition) is 1. The first-order chi connectivity index (χ1) is 5.56. The van der Waals surface area contributed by atoms with E-state index in [4.69, 9.17) is 0 Å². The predicted molar refractivity (Wildman–Crippen MR) is 52.2 cm³/mol. The molecule has 2 heteroatoms. The molecule has 0 aromatic rings. The zero-order valence-electron chi connectivity index (χ0n) is 8.68. The number of Topliss-reactive ketones (excluding diaryl/α,β-unsaturated/α-hetero) is 1. The van der Waals surface area contributed by atoms with Crippen LogP contribution in [0.2, 0.25) is 0 Å². The minimum atomic E-state index is 0.291. The molecule has 0 amide bonds. The molecule has 2 nitrogen and oxygen atoms in total. The van der Waals surface area contributed by atoms with E-state index in [-0.39, 0.29) is 0 Å². The third kappa shape index (κ3) is 6.35. The van der Waals surface area contributed by atoms with Crippen LogP contribution in [-0.4, -0.2) is 18.9 Å². The molecule has 0 aromatic carbocycles. The molecular weight excluding hydrogens is 150 g/mol. The Labute approximate surface area is 75.7 Å². The van der Waals surface area contributed by atoms with Crippen LogP contribution in [0.1, 0.15) is 40.0 Å². The van der Waals surface area contributed by atoms with Crippen LogP contribution in [0.15, 0.2) is 0 Å². The van der Waals surface area contributed by atoms with Crippen molar-refractivity contribution in [3.8, 4) is 0 Å². The van der Waals surface area contributed by atoms with Crippen LogP contribution in [0.3, 0.4) is 0 Å². The summed E-state index contributed by atoms with van der Waals surface area (Å²) in [4.78, 5) is 10.7. The van der Waals surface area contributed by atoms with E-state index in [1.165, 1.54) is 0 Å². The van der Waals surface area contributed by atoms with Gasteiger partial charge in [-0.15, -0.1) is 0 Å². The molecule has 0 saturated heterocycles. The van der Waals surface area contributed by atoms with Crippen molar-refractivity contribution in [3.63, 3.8) is 0 Å². The third-order valence-electron chi connectivity index (χ3n) is 2.01. The van der Waals surface area contributed by atoms with E-state index in [2.05, 4.69) is 19.2 Å². The smallest absolute Gasteiger partial charge is 0.129 e. The second-order valence-corrected chi connectivity index (χ2v) is 3.86. The summed E-state index contributed by atoms with van der Waals surface area (Å²) in [6.07, 6.45) is 2.84. The van der Waals surface area contributed by atoms with Gasteiger partial charge in [0.25, 0.3) is 0 Å². The highest BCUT2D eigenvalue weighted by atomic mass is 16.1.